The van der Waals surface area contributed by atoms with Crippen LogP contribution in [0.15, 0.2) is 0 Å². The Labute approximate surface area is 86.2 Å². The van der Waals surface area contributed by atoms with Crippen LogP contribution in [-0.2, 0) is 9.45 Å². The fourth-order valence-electron chi connectivity index (χ4n) is 1.16. The van der Waals surface area contributed by atoms with Crippen LogP contribution in [0.2, 0.25) is 0 Å². The van der Waals surface area contributed by atoms with E-state index in [4.69, 9.17) is 0 Å². The van der Waals surface area contributed by atoms with Gasteiger partial charge in [-0.25, -0.2) is 0 Å². The summed E-state index contributed by atoms with van der Waals surface area (Å²) >= 11 is 4.40. The Morgan fingerprint density at radius 2 is 1.85 bits per heavy atom. The number of rotatable bonds is 8. The van der Waals surface area contributed by atoms with E-state index in [0.29, 0.717) is 6.42 Å². The molecule has 0 unspecified atom stereocenters. The van der Waals surface area contributed by atoms with Crippen LogP contribution in [0.4, 0.5) is 0 Å². The van der Waals surface area contributed by atoms with Crippen LogP contribution in [0.1, 0.15) is 51.9 Å². The molecule has 0 aromatic heterocycles. The Bertz CT molecular complexity index is 151. The maximum absolute atomic E-state index is 10.8. The van der Waals surface area contributed by atoms with Crippen LogP contribution in [0.3, 0.4) is 0 Å². The Morgan fingerprint density at radius 3 is 2.46 bits per heavy atom. The summed E-state index contributed by atoms with van der Waals surface area (Å²) in [5.74, 6) is -0.203. The van der Waals surface area contributed by atoms with Crippen molar-refractivity contribution in [2.24, 2.45) is 0 Å². The van der Waals surface area contributed by atoms with Gasteiger partial charge in [0.2, 0.25) is 0 Å². The molecule has 0 saturated carbocycles. The van der Waals surface area contributed by atoms with Crippen molar-refractivity contribution in [2.45, 2.75) is 51.9 Å². The predicted octanol–water partition coefficient (Wildman–Crippen LogP) is 3.01. The van der Waals surface area contributed by atoms with Crippen LogP contribution in [-0.4, -0.2) is 12.3 Å². The summed E-state index contributed by atoms with van der Waals surface area (Å²) < 4.78 is 4.52. The minimum atomic E-state index is -0.203. The molecule has 0 radical (unpaired) electrons. The minimum absolute atomic E-state index is 0.203. The molecule has 0 aromatic rings. The normalized spacial score (nSPS) is 9.31. The van der Waals surface area contributed by atoms with Gasteiger partial charge in [-0.2, -0.15) is 0 Å². The maximum atomic E-state index is 10.8. The first-order valence-electron chi connectivity index (χ1n) is 4.94. The molecule has 0 N–H and O–H groups in total. The quantitative estimate of drug-likeness (QED) is 0.445. The molecule has 0 rings (SSSR count). The number of carbonyl (C=O) groups is 1. The van der Waals surface area contributed by atoms with Crippen LogP contribution < -0.4 is 0 Å². The number of hydrogen-bond donors (Lipinski definition) is 0. The third kappa shape index (κ3) is 9.67. The molecular weight excluding hydrogens is 183 g/mol. The average molecular weight is 200 g/mol. The van der Waals surface area contributed by atoms with E-state index < -0.39 is 0 Å². The standard InChI is InChI=1S/C9H17BO2S/c1-2-3-4-5-6-7-8-9(11)12-10-13/h2-8H2,1H3. The van der Waals surface area contributed by atoms with Gasteiger partial charge in [-0.15, -0.1) is 0 Å². The van der Waals surface area contributed by atoms with E-state index in [1.807, 2.05) is 0 Å². The van der Waals surface area contributed by atoms with Gasteiger partial charge in [-0.1, -0.05) is 0 Å². The van der Waals surface area contributed by atoms with Crippen molar-refractivity contribution >= 4 is 24.4 Å². The van der Waals surface area contributed by atoms with Crippen LogP contribution in [0, 0.1) is 0 Å². The van der Waals surface area contributed by atoms with Crippen LogP contribution in [0.5, 0.6) is 0 Å². The van der Waals surface area contributed by atoms with Crippen molar-refractivity contribution in [1.82, 2.24) is 0 Å². The van der Waals surface area contributed by atoms with Crippen molar-refractivity contribution in [3.05, 3.63) is 0 Å². The van der Waals surface area contributed by atoms with E-state index in [1.54, 1.807) is 0 Å². The van der Waals surface area contributed by atoms with Crippen molar-refractivity contribution < 1.29 is 9.45 Å². The van der Waals surface area contributed by atoms with Gasteiger partial charge in [-0.05, 0) is 0 Å². The van der Waals surface area contributed by atoms with E-state index in [0.717, 1.165) is 19.2 Å². The first kappa shape index (κ1) is 12.8. The van der Waals surface area contributed by atoms with Gasteiger partial charge in [0.1, 0.15) is 0 Å². The van der Waals surface area contributed by atoms with Gasteiger partial charge in [0, 0.05) is 0 Å². The molecule has 4 heteroatoms. The molecule has 0 spiro atoms. The molecule has 0 atom stereocenters. The topological polar surface area (TPSA) is 26.3 Å². The molecule has 0 bridgehead atoms. The van der Waals surface area contributed by atoms with E-state index in [-0.39, 0.29) is 5.97 Å². The van der Waals surface area contributed by atoms with Crippen molar-refractivity contribution in [3.63, 3.8) is 0 Å². The monoisotopic (exact) mass is 200 g/mol. The molecule has 0 aliphatic rings. The average Bonchev–Trinajstić information content (AvgIpc) is 2.11. The van der Waals surface area contributed by atoms with Gasteiger partial charge >= 0.3 is 85.7 Å². The second-order valence-corrected chi connectivity index (χ2v) is 3.30. The van der Waals surface area contributed by atoms with Crippen LogP contribution >= 0.6 is 12.1 Å². The third-order valence-corrected chi connectivity index (χ3v) is 2.01. The van der Waals surface area contributed by atoms with Gasteiger partial charge in [-0.3, -0.25) is 0 Å². The van der Waals surface area contributed by atoms with Gasteiger partial charge in [0.15, 0.2) is 0 Å². The molecule has 2 nitrogen and oxygen atoms in total. The fraction of sp³-hybridized carbons (Fsp3) is 0.889. The third-order valence-electron chi connectivity index (χ3n) is 1.91. The zero-order valence-corrected chi connectivity index (χ0v) is 9.07. The van der Waals surface area contributed by atoms with Crippen molar-refractivity contribution in [2.75, 3.05) is 0 Å². The Kier molecular flexibility index (Phi) is 9.65. The molecular formula is C9H17BO2S. The molecule has 0 heterocycles. The number of carbonyl (C=O) groups excluding carboxylic acids is 1. The van der Waals surface area contributed by atoms with E-state index in [1.165, 1.54) is 25.7 Å². The van der Waals surface area contributed by atoms with Crippen LogP contribution in [0.25, 0.3) is 0 Å². The van der Waals surface area contributed by atoms with E-state index in [2.05, 4.69) is 23.6 Å². The summed E-state index contributed by atoms with van der Waals surface area (Å²) in [6.07, 6.45) is 8.62. The molecule has 0 fully saturated rings. The summed E-state index contributed by atoms with van der Waals surface area (Å²) in [5, 5.41) is 0. The van der Waals surface area contributed by atoms with E-state index in [9.17, 15) is 4.79 Å². The molecule has 0 aliphatic carbocycles. The summed E-state index contributed by atoms with van der Waals surface area (Å²) in [6.45, 7) is 2.19. The first-order chi connectivity index (χ1) is 6.31. The summed E-state index contributed by atoms with van der Waals surface area (Å²) in [7, 11) is 0. The van der Waals surface area contributed by atoms with Gasteiger partial charge in [0.05, 0.1) is 0 Å². The molecule has 13 heavy (non-hydrogen) atoms. The van der Waals surface area contributed by atoms with Gasteiger partial charge in [0.25, 0.3) is 0 Å². The molecule has 0 aliphatic heterocycles. The molecule has 0 saturated heterocycles. The Hall–Kier alpha value is -0.245. The molecule has 74 valence electrons. The Morgan fingerprint density at radius 1 is 1.23 bits per heavy atom. The second kappa shape index (κ2) is 9.84. The van der Waals surface area contributed by atoms with Crippen molar-refractivity contribution in [3.8, 4) is 0 Å². The number of unbranched alkanes of at least 4 members (excludes halogenated alkanes) is 5. The van der Waals surface area contributed by atoms with Crippen molar-refractivity contribution in [1.29, 1.82) is 0 Å². The van der Waals surface area contributed by atoms with Gasteiger partial charge < -0.3 is 0 Å². The first-order valence-corrected chi connectivity index (χ1v) is 5.41. The molecule has 0 aromatic carbocycles. The zero-order valence-electron chi connectivity index (χ0n) is 8.25. The fourth-order valence-corrected chi connectivity index (χ4v) is 1.27. The Balaban J connectivity index is 3.06. The summed E-state index contributed by atoms with van der Waals surface area (Å²) in [6, 6.07) is 0. The van der Waals surface area contributed by atoms with E-state index >= 15 is 0 Å². The molecule has 0 amide bonds. The predicted molar refractivity (Wildman–Crippen MR) is 57.4 cm³/mol. The zero-order chi connectivity index (χ0) is 9.94. The number of hydrogen-bond acceptors (Lipinski definition) is 3. The summed E-state index contributed by atoms with van der Waals surface area (Å²) in [4.78, 5) is 10.8. The summed E-state index contributed by atoms with van der Waals surface area (Å²) in [5.41, 5.74) is 0. The second-order valence-electron chi connectivity index (χ2n) is 3.10. The SMILES string of the molecule is CCCCCCCCC(=O)OB=S.